The van der Waals surface area contributed by atoms with Gasteiger partial charge in [-0.15, -0.1) is 0 Å². The largest absolute Gasteiger partial charge is 0.478 e. The maximum absolute atomic E-state index is 11.0. The van der Waals surface area contributed by atoms with Gasteiger partial charge < -0.3 is 5.11 Å². The Bertz CT molecular complexity index is 624. The molecule has 2 aromatic carbocycles. The molecule has 1 N–H and O–H groups in total. The second kappa shape index (κ2) is 4.26. The molecule has 0 radical (unpaired) electrons. The predicted molar refractivity (Wildman–Crippen MR) is 71.1 cm³/mol. The predicted octanol–water partition coefficient (Wildman–Crippen LogP) is 3.82. The fourth-order valence-corrected chi connectivity index (χ4v) is 1.95. The third-order valence-electron chi connectivity index (χ3n) is 2.73. The fraction of sp³-hybridized carbons (Fsp3) is 0. The van der Waals surface area contributed by atoms with Gasteiger partial charge in [0, 0.05) is 0 Å². The van der Waals surface area contributed by atoms with E-state index >= 15 is 0 Å². The lowest BCUT2D eigenvalue weighted by Crippen LogP contribution is -1.97. The first kappa shape index (κ1) is 11.1. The highest BCUT2D eigenvalue weighted by atomic mass is 16.4. The molecule has 0 heterocycles. The molecule has 0 fully saturated rings. The lowest BCUT2D eigenvalue weighted by atomic mass is 9.96. The molecule has 0 aromatic heterocycles. The number of rotatable bonds is 3. The van der Waals surface area contributed by atoms with Gasteiger partial charge in [-0.2, -0.15) is 0 Å². The second-order valence-corrected chi connectivity index (χ2v) is 3.72. The summed E-state index contributed by atoms with van der Waals surface area (Å²) in [5.74, 6) is -0.931. The van der Waals surface area contributed by atoms with Crippen LogP contribution in [0.1, 0.15) is 21.5 Å². The van der Waals surface area contributed by atoms with Crippen molar-refractivity contribution in [1.29, 1.82) is 0 Å². The van der Waals surface area contributed by atoms with Gasteiger partial charge in [0.15, 0.2) is 0 Å². The van der Waals surface area contributed by atoms with Crippen molar-refractivity contribution < 1.29 is 9.90 Å². The van der Waals surface area contributed by atoms with Crippen molar-refractivity contribution in [3.63, 3.8) is 0 Å². The fourth-order valence-electron chi connectivity index (χ4n) is 1.95. The zero-order valence-electron chi connectivity index (χ0n) is 9.31. The Hall–Kier alpha value is -2.35. The summed E-state index contributed by atoms with van der Waals surface area (Å²) in [6, 6.07) is 9.02. The molecule has 0 aliphatic carbocycles. The zero-order chi connectivity index (χ0) is 12.4. The number of hydrogen-bond acceptors (Lipinski definition) is 1. The van der Waals surface area contributed by atoms with Crippen molar-refractivity contribution in [2.75, 3.05) is 0 Å². The van der Waals surface area contributed by atoms with Crippen LogP contribution in [0.15, 0.2) is 43.5 Å². The van der Waals surface area contributed by atoms with Gasteiger partial charge in [-0.25, -0.2) is 4.79 Å². The van der Waals surface area contributed by atoms with E-state index in [0.29, 0.717) is 0 Å². The van der Waals surface area contributed by atoms with Crippen molar-refractivity contribution in [2.45, 2.75) is 0 Å². The SMILES string of the molecule is C=Cc1cccc2cc(C(=O)O)cc(C=C)c12. The minimum absolute atomic E-state index is 0.272. The Labute approximate surface area is 99.5 Å². The van der Waals surface area contributed by atoms with Gasteiger partial charge in [-0.05, 0) is 34.0 Å². The van der Waals surface area contributed by atoms with E-state index in [-0.39, 0.29) is 5.56 Å². The maximum Gasteiger partial charge on any atom is 0.335 e. The molecule has 2 rings (SSSR count). The van der Waals surface area contributed by atoms with Crippen LogP contribution >= 0.6 is 0 Å². The van der Waals surface area contributed by atoms with Crippen LogP contribution in [0.3, 0.4) is 0 Å². The van der Waals surface area contributed by atoms with Gasteiger partial charge in [0.25, 0.3) is 0 Å². The maximum atomic E-state index is 11.0. The lowest BCUT2D eigenvalue weighted by molar-refractivity contribution is 0.0697. The highest BCUT2D eigenvalue weighted by molar-refractivity contribution is 6.01. The van der Waals surface area contributed by atoms with Crippen molar-refractivity contribution in [3.8, 4) is 0 Å². The van der Waals surface area contributed by atoms with Crippen LogP contribution in [0.4, 0.5) is 0 Å². The van der Waals surface area contributed by atoms with Gasteiger partial charge in [0.05, 0.1) is 5.56 Å². The monoisotopic (exact) mass is 224 g/mol. The average molecular weight is 224 g/mol. The number of carbonyl (C=O) groups is 1. The van der Waals surface area contributed by atoms with E-state index < -0.39 is 5.97 Å². The Morgan fingerprint density at radius 2 is 1.82 bits per heavy atom. The molecule has 0 spiro atoms. The van der Waals surface area contributed by atoms with E-state index in [1.54, 1.807) is 24.3 Å². The van der Waals surface area contributed by atoms with Crippen LogP contribution in [0, 0.1) is 0 Å². The summed E-state index contributed by atoms with van der Waals surface area (Å²) in [4.78, 5) is 11.0. The second-order valence-electron chi connectivity index (χ2n) is 3.72. The highest BCUT2D eigenvalue weighted by Crippen LogP contribution is 2.26. The Balaban J connectivity index is 2.91. The van der Waals surface area contributed by atoms with E-state index in [1.807, 2.05) is 18.2 Å². The Morgan fingerprint density at radius 3 is 2.41 bits per heavy atom. The number of carboxylic acid groups (broad SMARTS) is 1. The van der Waals surface area contributed by atoms with Crippen molar-refractivity contribution in [2.24, 2.45) is 0 Å². The number of aromatic carboxylic acids is 1. The highest BCUT2D eigenvalue weighted by Gasteiger charge is 2.09. The Kier molecular flexibility index (Phi) is 2.79. The molecular weight excluding hydrogens is 212 g/mol. The van der Waals surface area contributed by atoms with Gasteiger partial charge >= 0.3 is 5.97 Å². The summed E-state index contributed by atoms with van der Waals surface area (Å²) in [5.41, 5.74) is 2.07. The van der Waals surface area contributed by atoms with Gasteiger partial charge in [0.1, 0.15) is 0 Å². The summed E-state index contributed by atoms with van der Waals surface area (Å²) in [6.07, 6.45) is 3.43. The molecule has 0 aliphatic rings. The normalized spacial score (nSPS) is 10.1. The van der Waals surface area contributed by atoms with E-state index in [9.17, 15) is 4.79 Å². The minimum Gasteiger partial charge on any atom is -0.478 e. The van der Waals surface area contributed by atoms with Crippen LogP contribution < -0.4 is 0 Å². The topological polar surface area (TPSA) is 37.3 Å². The summed E-state index contributed by atoms with van der Waals surface area (Å²) in [6.45, 7) is 7.49. The standard InChI is InChI=1S/C15H12O2/c1-3-10-6-5-7-12-9-13(15(16)17)8-11(4-2)14(10)12/h3-9H,1-2H2,(H,16,17). The first-order chi connectivity index (χ1) is 8.17. The number of hydrogen-bond donors (Lipinski definition) is 1. The molecule has 0 bridgehead atoms. The third kappa shape index (κ3) is 1.85. The third-order valence-corrected chi connectivity index (χ3v) is 2.73. The molecule has 0 saturated heterocycles. The molecule has 0 unspecified atom stereocenters. The van der Waals surface area contributed by atoms with Crippen LogP contribution in [0.5, 0.6) is 0 Å². The zero-order valence-corrected chi connectivity index (χ0v) is 9.31. The van der Waals surface area contributed by atoms with E-state index in [2.05, 4.69) is 13.2 Å². The van der Waals surface area contributed by atoms with Crippen LogP contribution in [0.25, 0.3) is 22.9 Å². The van der Waals surface area contributed by atoms with Crippen LogP contribution in [-0.4, -0.2) is 11.1 Å². The summed E-state index contributed by atoms with van der Waals surface area (Å²) in [7, 11) is 0. The quantitative estimate of drug-likeness (QED) is 0.860. The lowest BCUT2D eigenvalue weighted by Gasteiger charge is -2.08. The minimum atomic E-state index is -0.931. The molecule has 2 nitrogen and oxygen atoms in total. The van der Waals surface area contributed by atoms with E-state index in [1.165, 1.54) is 0 Å². The first-order valence-electron chi connectivity index (χ1n) is 5.22. The van der Waals surface area contributed by atoms with Gasteiger partial charge in [-0.1, -0.05) is 43.5 Å². The number of fused-ring (bicyclic) bond motifs is 1. The van der Waals surface area contributed by atoms with Crippen LogP contribution in [0.2, 0.25) is 0 Å². The first-order valence-corrected chi connectivity index (χ1v) is 5.22. The smallest absolute Gasteiger partial charge is 0.335 e. The summed E-state index contributed by atoms with van der Waals surface area (Å²) in [5, 5.41) is 10.9. The van der Waals surface area contributed by atoms with Crippen molar-refractivity contribution in [1.82, 2.24) is 0 Å². The number of carboxylic acids is 1. The molecule has 0 aliphatic heterocycles. The van der Waals surface area contributed by atoms with Crippen molar-refractivity contribution >= 4 is 28.9 Å². The Morgan fingerprint density at radius 1 is 1.12 bits per heavy atom. The van der Waals surface area contributed by atoms with E-state index in [0.717, 1.165) is 21.9 Å². The molecular formula is C15H12O2. The van der Waals surface area contributed by atoms with E-state index in [4.69, 9.17) is 5.11 Å². The number of benzene rings is 2. The summed E-state index contributed by atoms with van der Waals surface area (Å²) < 4.78 is 0. The van der Waals surface area contributed by atoms with Gasteiger partial charge in [-0.3, -0.25) is 0 Å². The molecule has 0 atom stereocenters. The average Bonchev–Trinajstić information content (AvgIpc) is 2.36. The molecule has 0 saturated carbocycles. The molecule has 0 amide bonds. The van der Waals surface area contributed by atoms with Crippen LogP contribution in [-0.2, 0) is 0 Å². The molecule has 17 heavy (non-hydrogen) atoms. The van der Waals surface area contributed by atoms with Gasteiger partial charge in [0.2, 0.25) is 0 Å². The van der Waals surface area contributed by atoms with Crippen molar-refractivity contribution in [3.05, 3.63) is 60.2 Å². The molecule has 2 heteroatoms. The molecule has 2 aromatic rings. The molecule has 84 valence electrons. The summed E-state index contributed by atoms with van der Waals surface area (Å²) >= 11 is 0.